The summed E-state index contributed by atoms with van der Waals surface area (Å²) in [6.07, 6.45) is 0.945. The van der Waals surface area contributed by atoms with E-state index in [9.17, 15) is 4.39 Å². The lowest BCUT2D eigenvalue weighted by atomic mass is 10.1. The Morgan fingerprint density at radius 1 is 1.10 bits per heavy atom. The van der Waals surface area contributed by atoms with Crippen LogP contribution in [0.5, 0.6) is 11.5 Å². The molecule has 0 bridgehead atoms. The lowest BCUT2D eigenvalue weighted by molar-refractivity contribution is 0.283. The molecule has 0 radical (unpaired) electrons. The fraction of sp³-hybridized carbons (Fsp3) is 0.250. The van der Waals surface area contributed by atoms with Crippen molar-refractivity contribution in [2.24, 2.45) is 0 Å². The summed E-state index contributed by atoms with van der Waals surface area (Å²) in [5.41, 5.74) is 2.07. The van der Waals surface area contributed by atoms with Gasteiger partial charge in [-0.1, -0.05) is 35.0 Å². The molecule has 0 aromatic heterocycles. The van der Waals surface area contributed by atoms with Crippen LogP contribution >= 0.6 is 15.9 Å². The number of hydrogen-bond acceptors (Lipinski definition) is 2. The first kappa shape index (κ1) is 14.9. The van der Waals surface area contributed by atoms with E-state index >= 15 is 0 Å². The van der Waals surface area contributed by atoms with Crippen molar-refractivity contribution in [1.29, 1.82) is 0 Å². The van der Waals surface area contributed by atoms with E-state index in [1.165, 1.54) is 17.7 Å². The summed E-state index contributed by atoms with van der Waals surface area (Å²) in [6.45, 7) is 2.44. The normalized spacial score (nSPS) is 10.4. The zero-order chi connectivity index (χ0) is 14.5. The van der Waals surface area contributed by atoms with Crippen molar-refractivity contribution in [2.45, 2.75) is 20.0 Å². The van der Waals surface area contributed by atoms with Crippen LogP contribution in [-0.4, -0.2) is 7.11 Å². The largest absolute Gasteiger partial charge is 0.493 e. The number of ether oxygens (including phenoxy) is 2. The molecule has 0 aliphatic carbocycles. The van der Waals surface area contributed by atoms with Crippen molar-refractivity contribution < 1.29 is 13.9 Å². The number of methoxy groups -OCH3 is 1. The Bertz CT molecular complexity index is 599. The lowest BCUT2D eigenvalue weighted by Crippen LogP contribution is -1.99. The molecule has 0 fully saturated rings. The van der Waals surface area contributed by atoms with Gasteiger partial charge in [0.1, 0.15) is 12.4 Å². The van der Waals surface area contributed by atoms with E-state index in [0.717, 1.165) is 12.0 Å². The van der Waals surface area contributed by atoms with E-state index in [4.69, 9.17) is 9.47 Å². The van der Waals surface area contributed by atoms with Gasteiger partial charge in [-0.05, 0) is 36.2 Å². The van der Waals surface area contributed by atoms with Crippen molar-refractivity contribution in [3.8, 4) is 11.5 Å². The molecule has 0 atom stereocenters. The summed E-state index contributed by atoms with van der Waals surface area (Å²) in [7, 11) is 1.62. The van der Waals surface area contributed by atoms with E-state index in [-0.39, 0.29) is 5.82 Å². The summed E-state index contributed by atoms with van der Waals surface area (Å²) in [6, 6.07) is 10.4. The van der Waals surface area contributed by atoms with Crippen LogP contribution in [0.4, 0.5) is 4.39 Å². The Labute approximate surface area is 126 Å². The first-order valence-electron chi connectivity index (χ1n) is 6.37. The van der Waals surface area contributed by atoms with E-state index in [1.807, 2.05) is 18.2 Å². The van der Waals surface area contributed by atoms with Crippen LogP contribution in [0.1, 0.15) is 18.1 Å². The number of benzene rings is 2. The highest BCUT2D eigenvalue weighted by atomic mass is 79.9. The first-order chi connectivity index (χ1) is 9.63. The third-order valence-electron chi connectivity index (χ3n) is 3.03. The van der Waals surface area contributed by atoms with E-state index in [2.05, 4.69) is 22.9 Å². The fourth-order valence-electron chi connectivity index (χ4n) is 1.85. The molecule has 0 saturated heterocycles. The zero-order valence-electron chi connectivity index (χ0n) is 11.5. The lowest BCUT2D eigenvalue weighted by Gasteiger charge is -2.12. The fourth-order valence-corrected chi connectivity index (χ4v) is 2.31. The molecule has 0 heterocycles. The maximum atomic E-state index is 13.0. The van der Waals surface area contributed by atoms with Crippen LogP contribution in [0, 0.1) is 5.82 Å². The molecular weight excluding hydrogens is 323 g/mol. The molecule has 0 saturated carbocycles. The third kappa shape index (κ3) is 3.51. The molecule has 106 valence electrons. The summed E-state index contributed by atoms with van der Waals surface area (Å²) < 4.78 is 24.8. The van der Waals surface area contributed by atoms with Gasteiger partial charge in [0.2, 0.25) is 0 Å². The smallest absolute Gasteiger partial charge is 0.161 e. The standard InChI is InChI=1S/C16H16BrFO2/c1-3-11-4-7-15(16(8-11)19-2)20-10-12-5-6-13(18)9-14(12)17/h4-9H,3,10H2,1-2H3. The zero-order valence-corrected chi connectivity index (χ0v) is 13.0. The van der Waals surface area contributed by atoms with Crippen molar-refractivity contribution in [3.63, 3.8) is 0 Å². The Morgan fingerprint density at radius 2 is 1.90 bits per heavy atom. The van der Waals surface area contributed by atoms with E-state index in [1.54, 1.807) is 13.2 Å². The second kappa shape index (κ2) is 6.75. The van der Waals surface area contributed by atoms with Crippen LogP contribution in [0.3, 0.4) is 0 Å². The molecule has 2 aromatic rings. The van der Waals surface area contributed by atoms with E-state index < -0.39 is 0 Å². The number of aryl methyl sites for hydroxylation is 1. The molecule has 0 amide bonds. The average Bonchev–Trinajstić information content (AvgIpc) is 2.46. The van der Waals surface area contributed by atoms with Gasteiger partial charge in [-0.25, -0.2) is 4.39 Å². The predicted molar refractivity (Wildman–Crippen MR) is 80.8 cm³/mol. The number of rotatable bonds is 5. The molecule has 0 unspecified atom stereocenters. The van der Waals surface area contributed by atoms with Crippen molar-refractivity contribution in [1.82, 2.24) is 0 Å². The number of halogens is 2. The molecule has 4 heteroatoms. The third-order valence-corrected chi connectivity index (χ3v) is 3.77. The Kier molecular flexibility index (Phi) is 5.01. The molecule has 0 spiro atoms. The Balaban J connectivity index is 2.14. The van der Waals surface area contributed by atoms with Gasteiger partial charge in [-0.3, -0.25) is 0 Å². The van der Waals surface area contributed by atoms with Gasteiger partial charge in [0, 0.05) is 10.0 Å². The van der Waals surface area contributed by atoms with Crippen LogP contribution in [0.25, 0.3) is 0 Å². The second-order valence-electron chi connectivity index (χ2n) is 4.36. The topological polar surface area (TPSA) is 18.5 Å². The van der Waals surface area contributed by atoms with Gasteiger partial charge in [-0.15, -0.1) is 0 Å². The minimum absolute atomic E-state index is 0.273. The summed E-state index contributed by atoms with van der Waals surface area (Å²) in [5, 5.41) is 0. The highest BCUT2D eigenvalue weighted by Gasteiger charge is 2.07. The maximum Gasteiger partial charge on any atom is 0.161 e. The van der Waals surface area contributed by atoms with Gasteiger partial charge >= 0.3 is 0 Å². The first-order valence-corrected chi connectivity index (χ1v) is 7.17. The molecular formula is C16H16BrFO2. The monoisotopic (exact) mass is 338 g/mol. The highest BCUT2D eigenvalue weighted by Crippen LogP contribution is 2.29. The van der Waals surface area contributed by atoms with Crippen LogP contribution < -0.4 is 9.47 Å². The highest BCUT2D eigenvalue weighted by molar-refractivity contribution is 9.10. The quantitative estimate of drug-likeness (QED) is 0.783. The van der Waals surface area contributed by atoms with E-state index in [0.29, 0.717) is 22.6 Å². The van der Waals surface area contributed by atoms with Crippen LogP contribution in [-0.2, 0) is 13.0 Å². The molecule has 2 nitrogen and oxygen atoms in total. The van der Waals surface area contributed by atoms with Crippen molar-refractivity contribution in [3.05, 3.63) is 57.8 Å². The maximum absolute atomic E-state index is 13.0. The van der Waals surface area contributed by atoms with Gasteiger partial charge in [0.25, 0.3) is 0 Å². The minimum Gasteiger partial charge on any atom is -0.493 e. The van der Waals surface area contributed by atoms with Crippen molar-refractivity contribution in [2.75, 3.05) is 7.11 Å². The molecule has 0 aliphatic heterocycles. The SMILES string of the molecule is CCc1ccc(OCc2ccc(F)cc2Br)c(OC)c1. The van der Waals surface area contributed by atoms with Gasteiger partial charge < -0.3 is 9.47 Å². The Hall–Kier alpha value is -1.55. The molecule has 0 aliphatic rings. The number of hydrogen-bond donors (Lipinski definition) is 0. The van der Waals surface area contributed by atoms with Gasteiger partial charge in [0.15, 0.2) is 11.5 Å². The molecule has 20 heavy (non-hydrogen) atoms. The molecule has 0 N–H and O–H groups in total. The Morgan fingerprint density at radius 3 is 2.55 bits per heavy atom. The van der Waals surface area contributed by atoms with Crippen LogP contribution in [0.2, 0.25) is 0 Å². The predicted octanol–water partition coefficient (Wildman–Crippen LogP) is 4.74. The summed E-state index contributed by atoms with van der Waals surface area (Å²) in [5.74, 6) is 1.12. The molecule has 2 rings (SSSR count). The summed E-state index contributed by atoms with van der Waals surface area (Å²) in [4.78, 5) is 0. The van der Waals surface area contributed by atoms with Gasteiger partial charge in [-0.2, -0.15) is 0 Å². The van der Waals surface area contributed by atoms with Crippen molar-refractivity contribution >= 4 is 15.9 Å². The minimum atomic E-state index is -0.273. The second-order valence-corrected chi connectivity index (χ2v) is 5.22. The summed E-state index contributed by atoms with van der Waals surface area (Å²) >= 11 is 3.33. The molecule has 2 aromatic carbocycles. The van der Waals surface area contributed by atoms with Crippen LogP contribution in [0.15, 0.2) is 40.9 Å². The average molecular weight is 339 g/mol. The van der Waals surface area contributed by atoms with Gasteiger partial charge in [0.05, 0.1) is 7.11 Å².